The van der Waals surface area contributed by atoms with Crippen molar-refractivity contribution in [2.75, 3.05) is 23.7 Å². The average molecular weight is 528 g/mol. The van der Waals surface area contributed by atoms with Crippen LogP contribution in [0.4, 0.5) is 20.7 Å². The summed E-state index contributed by atoms with van der Waals surface area (Å²) < 4.78 is 15.1. The molecule has 0 aliphatic carbocycles. The van der Waals surface area contributed by atoms with Crippen molar-refractivity contribution in [3.8, 4) is 16.9 Å². The lowest BCUT2D eigenvalue weighted by Gasteiger charge is -2.24. The average Bonchev–Trinajstić information content (AvgIpc) is 3.32. The number of urea groups is 1. The number of nitrogens with one attached hydrogen (secondary N) is 2. The standard InChI is InChI=1S/C31H34FN5O2/c1-21(2)19-36(31(39)33-26-14-10-23(11-15-26)22(3)4)20-30(38)34-29-18-28(24-8-6-5-7-9-24)35-37(29)27-16-12-25(32)13-17-27/h5-18,21-22H,19-20H2,1-4H3,(H,33,39)(H,34,38). The third kappa shape index (κ3) is 7.31. The summed E-state index contributed by atoms with van der Waals surface area (Å²) in [6.45, 7) is 8.46. The molecule has 202 valence electrons. The predicted molar refractivity (Wildman–Crippen MR) is 154 cm³/mol. The van der Waals surface area contributed by atoms with Crippen molar-refractivity contribution in [2.24, 2.45) is 5.92 Å². The van der Waals surface area contributed by atoms with Crippen LogP contribution in [0.1, 0.15) is 39.2 Å². The molecular formula is C31H34FN5O2. The van der Waals surface area contributed by atoms with Crippen molar-refractivity contribution in [1.82, 2.24) is 14.7 Å². The number of rotatable bonds is 9. The number of amides is 3. The molecule has 7 nitrogen and oxygen atoms in total. The SMILES string of the molecule is CC(C)CN(CC(=O)Nc1cc(-c2ccccc2)nn1-c1ccc(F)cc1)C(=O)Nc1ccc(C(C)C)cc1. The number of hydrogen-bond donors (Lipinski definition) is 2. The van der Waals surface area contributed by atoms with E-state index in [0.29, 0.717) is 35.3 Å². The van der Waals surface area contributed by atoms with E-state index in [1.165, 1.54) is 22.6 Å². The highest BCUT2D eigenvalue weighted by molar-refractivity contribution is 5.97. The highest BCUT2D eigenvalue weighted by Gasteiger charge is 2.21. The smallest absolute Gasteiger partial charge is 0.315 e. The van der Waals surface area contributed by atoms with Crippen LogP contribution in [0.15, 0.2) is 84.9 Å². The second-order valence-corrected chi connectivity index (χ2v) is 10.2. The number of anilines is 2. The summed E-state index contributed by atoms with van der Waals surface area (Å²) >= 11 is 0. The van der Waals surface area contributed by atoms with Crippen molar-refractivity contribution >= 4 is 23.4 Å². The van der Waals surface area contributed by atoms with Gasteiger partial charge in [0.15, 0.2) is 0 Å². The Hall–Kier alpha value is -4.46. The van der Waals surface area contributed by atoms with Gasteiger partial charge in [-0.2, -0.15) is 5.10 Å². The van der Waals surface area contributed by atoms with Crippen LogP contribution in [0.5, 0.6) is 0 Å². The Kier molecular flexibility index (Phi) is 8.76. The molecule has 1 heterocycles. The van der Waals surface area contributed by atoms with E-state index in [1.807, 2.05) is 68.4 Å². The maximum absolute atomic E-state index is 13.6. The Morgan fingerprint density at radius 1 is 0.897 bits per heavy atom. The van der Waals surface area contributed by atoms with Crippen molar-refractivity contribution in [1.29, 1.82) is 0 Å². The van der Waals surface area contributed by atoms with Gasteiger partial charge in [0.1, 0.15) is 18.2 Å². The Morgan fingerprint density at radius 3 is 2.18 bits per heavy atom. The molecule has 0 spiro atoms. The van der Waals surface area contributed by atoms with Crippen LogP contribution in [-0.2, 0) is 4.79 Å². The van der Waals surface area contributed by atoms with E-state index in [1.54, 1.807) is 22.9 Å². The topological polar surface area (TPSA) is 79.3 Å². The maximum atomic E-state index is 13.6. The van der Waals surface area contributed by atoms with E-state index in [2.05, 4.69) is 29.6 Å². The molecule has 3 aromatic carbocycles. The summed E-state index contributed by atoms with van der Waals surface area (Å²) in [6, 6.07) is 24.6. The number of carbonyl (C=O) groups excluding carboxylic acids is 2. The molecule has 4 aromatic rings. The van der Waals surface area contributed by atoms with Gasteiger partial charge in [0.05, 0.1) is 11.4 Å². The molecule has 8 heteroatoms. The molecule has 0 radical (unpaired) electrons. The third-order valence-electron chi connectivity index (χ3n) is 6.15. The minimum Gasteiger partial charge on any atom is -0.315 e. The molecule has 0 saturated heterocycles. The quantitative estimate of drug-likeness (QED) is 0.248. The highest BCUT2D eigenvalue weighted by Crippen LogP contribution is 2.25. The summed E-state index contributed by atoms with van der Waals surface area (Å²) in [6.07, 6.45) is 0. The zero-order chi connectivity index (χ0) is 27.9. The van der Waals surface area contributed by atoms with Crippen LogP contribution in [0.3, 0.4) is 0 Å². The van der Waals surface area contributed by atoms with E-state index in [-0.39, 0.29) is 30.2 Å². The lowest BCUT2D eigenvalue weighted by atomic mass is 10.0. The Bertz CT molecular complexity index is 1400. The number of halogens is 1. The second-order valence-electron chi connectivity index (χ2n) is 10.2. The maximum Gasteiger partial charge on any atom is 0.322 e. The van der Waals surface area contributed by atoms with Crippen LogP contribution < -0.4 is 10.6 Å². The lowest BCUT2D eigenvalue weighted by Crippen LogP contribution is -2.42. The van der Waals surface area contributed by atoms with Gasteiger partial charge in [-0.3, -0.25) is 4.79 Å². The summed E-state index contributed by atoms with van der Waals surface area (Å²) in [7, 11) is 0. The summed E-state index contributed by atoms with van der Waals surface area (Å²) in [5.74, 6) is 0.223. The van der Waals surface area contributed by atoms with Gasteiger partial charge in [-0.25, -0.2) is 13.9 Å². The van der Waals surface area contributed by atoms with E-state index in [0.717, 1.165) is 5.56 Å². The molecule has 2 N–H and O–H groups in total. The van der Waals surface area contributed by atoms with Crippen LogP contribution >= 0.6 is 0 Å². The summed E-state index contributed by atoms with van der Waals surface area (Å²) in [5.41, 5.74) is 3.96. The molecule has 0 unspecified atom stereocenters. The number of nitrogens with zero attached hydrogens (tertiary/aromatic N) is 3. The van der Waals surface area contributed by atoms with E-state index in [4.69, 9.17) is 0 Å². The van der Waals surface area contributed by atoms with Crippen molar-refractivity contribution in [2.45, 2.75) is 33.6 Å². The fourth-order valence-electron chi connectivity index (χ4n) is 4.17. The molecular weight excluding hydrogens is 493 g/mol. The zero-order valence-electron chi connectivity index (χ0n) is 22.7. The molecule has 0 aliphatic rings. The van der Waals surface area contributed by atoms with Gasteiger partial charge in [-0.15, -0.1) is 0 Å². The van der Waals surface area contributed by atoms with Gasteiger partial charge < -0.3 is 15.5 Å². The summed E-state index contributed by atoms with van der Waals surface area (Å²) in [5, 5.41) is 10.5. The minimum atomic E-state index is -0.371. The lowest BCUT2D eigenvalue weighted by molar-refractivity contribution is -0.116. The molecule has 39 heavy (non-hydrogen) atoms. The molecule has 1 aromatic heterocycles. The zero-order valence-corrected chi connectivity index (χ0v) is 22.7. The fourth-order valence-corrected chi connectivity index (χ4v) is 4.17. The summed E-state index contributed by atoms with van der Waals surface area (Å²) in [4.78, 5) is 27.9. The first-order valence-corrected chi connectivity index (χ1v) is 13.1. The third-order valence-corrected chi connectivity index (χ3v) is 6.15. The van der Waals surface area contributed by atoms with E-state index >= 15 is 0 Å². The monoisotopic (exact) mass is 527 g/mol. The molecule has 3 amide bonds. The second kappa shape index (κ2) is 12.4. The van der Waals surface area contributed by atoms with Crippen LogP contribution in [0.25, 0.3) is 16.9 Å². The number of hydrogen-bond acceptors (Lipinski definition) is 3. The van der Waals surface area contributed by atoms with Crippen molar-refractivity contribution in [3.05, 3.63) is 96.3 Å². The molecule has 0 fully saturated rings. The van der Waals surface area contributed by atoms with Gasteiger partial charge in [-0.05, 0) is 53.8 Å². The van der Waals surface area contributed by atoms with Crippen LogP contribution in [0.2, 0.25) is 0 Å². The van der Waals surface area contributed by atoms with Gasteiger partial charge in [0.25, 0.3) is 0 Å². The van der Waals surface area contributed by atoms with E-state index < -0.39 is 0 Å². The minimum absolute atomic E-state index is 0.149. The Labute approximate surface area is 228 Å². The highest BCUT2D eigenvalue weighted by atomic mass is 19.1. The number of aromatic nitrogens is 2. The van der Waals surface area contributed by atoms with Crippen LogP contribution in [-0.4, -0.2) is 39.7 Å². The Morgan fingerprint density at radius 2 is 1.56 bits per heavy atom. The van der Waals surface area contributed by atoms with Gasteiger partial charge in [-0.1, -0.05) is 70.2 Å². The first-order valence-electron chi connectivity index (χ1n) is 13.1. The van der Waals surface area contributed by atoms with Crippen molar-refractivity contribution in [3.63, 3.8) is 0 Å². The fraction of sp³-hybridized carbons (Fsp3) is 0.258. The molecule has 0 saturated carbocycles. The van der Waals surface area contributed by atoms with Crippen molar-refractivity contribution < 1.29 is 14.0 Å². The van der Waals surface area contributed by atoms with Gasteiger partial charge in [0.2, 0.25) is 5.91 Å². The predicted octanol–water partition coefficient (Wildman–Crippen LogP) is 6.93. The Balaban J connectivity index is 1.54. The largest absolute Gasteiger partial charge is 0.322 e. The van der Waals surface area contributed by atoms with Gasteiger partial charge >= 0.3 is 6.03 Å². The molecule has 4 rings (SSSR count). The first-order chi connectivity index (χ1) is 18.7. The molecule has 0 atom stereocenters. The van der Waals surface area contributed by atoms with Gasteiger partial charge in [0, 0.05) is 23.9 Å². The molecule has 0 aliphatic heterocycles. The first kappa shape index (κ1) is 27.6. The number of benzene rings is 3. The normalized spacial score (nSPS) is 11.1. The number of carbonyl (C=O) groups is 2. The molecule has 0 bridgehead atoms. The van der Waals surface area contributed by atoms with E-state index in [9.17, 15) is 14.0 Å². The van der Waals surface area contributed by atoms with Crippen LogP contribution in [0, 0.1) is 11.7 Å².